The number of nitrogens with one attached hydrogen (secondary N) is 1. The average molecular weight is 240 g/mol. The minimum absolute atomic E-state index is 0.0223. The van der Waals surface area contributed by atoms with Crippen molar-refractivity contribution >= 4 is 29.5 Å². The van der Waals surface area contributed by atoms with Crippen molar-refractivity contribution in [2.45, 2.75) is 6.42 Å². The van der Waals surface area contributed by atoms with Crippen molar-refractivity contribution in [3.05, 3.63) is 40.2 Å². The fraction of sp³-hybridized carbons (Fsp3) is 0.0909. The molecule has 1 aromatic rings. The first-order valence-electron chi connectivity index (χ1n) is 4.56. The minimum atomic E-state index is -0.555. The van der Waals surface area contributed by atoms with Crippen LogP contribution >= 0.6 is 11.6 Å². The second-order valence-corrected chi connectivity index (χ2v) is 3.80. The van der Waals surface area contributed by atoms with Crippen molar-refractivity contribution in [3.63, 3.8) is 0 Å². The van der Waals surface area contributed by atoms with Gasteiger partial charge in [0.15, 0.2) is 0 Å². The number of hydrogen-bond donors (Lipinski definition) is 1. The highest BCUT2D eigenvalue weighted by molar-refractivity contribution is 6.30. The molecule has 1 N–H and O–H groups in total. The van der Waals surface area contributed by atoms with Crippen LogP contribution in [0, 0.1) is 5.82 Å². The normalized spacial score (nSPS) is 18.0. The predicted molar refractivity (Wildman–Crippen MR) is 57.2 cm³/mol. The molecule has 1 aliphatic heterocycles. The third kappa shape index (κ3) is 2.12. The molecule has 1 heterocycles. The number of carbonyl (C=O) groups excluding carboxylic acids is 2. The number of amides is 2. The second-order valence-electron chi connectivity index (χ2n) is 3.40. The predicted octanol–water partition coefficient (Wildman–Crippen LogP) is 1.91. The van der Waals surface area contributed by atoms with E-state index >= 15 is 0 Å². The summed E-state index contributed by atoms with van der Waals surface area (Å²) in [6.07, 6.45) is 1.50. The van der Waals surface area contributed by atoms with E-state index in [1.54, 1.807) is 6.07 Å². The molecule has 0 radical (unpaired) electrons. The number of imide groups is 1. The first-order valence-corrected chi connectivity index (χ1v) is 4.94. The summed E-state index contributed by atoms with van der Waals surface area (Å²) in [5.74, 6) is -1.33. The van der Waals surface area contributed by atoms with Crippen molar-refractivity contribution in [1.82, 2.24) is 5.32 Å². The van der Waals surface area contributed by atoms with E-state index in [-0.39, 0.29) is 17.4 Å². The quantitative estimate of drug-likeness (QED) is 0.601. The van der Waals surface area contributed by atoms with Gasteiger partial charge in [0.1, 0.15) is 5.82 Å². The zero-order valence-electron chi connectivity index (χ0n) is 8.09. The van der Waals surface area contributed by atoms with Gasteiger partial charge in [-0.1, -0.05) is 17.7 Å². The maximum atomic E-state index is 13.1. The molecule has 1 aliphatic rings. The molecule has 0 aliphatic carbocycles. The van der Waals surface area contributed by atoms with E-state index in [1.807, 2.05) is 0 Å². The highest BCUT2D eigenvalue weighted by Gasteiger charge is 2.23. The lowest BCUT2D eigenvalue weighted by Crippen LogP contribution is -2.19. The fourth-order valence-corrected chi connectivity index (χ4v) is 1.54. The smallest absolute Gasteiger partial charge is 0.254 e. The Kier molecular flexibility index (Phi) is 2.75. The molecule has 82 valence electrons. The molecular formula is C11H7ClFNO2. The number of rotatable bonds is 1. The van der Waals surface area contributed by atoms with E-state index < -0.39 is 11.7 Å². The molecular weight excluding hydrogens is 233 g/mol. The van der Waals surface area contributed by atoms with Crippen molar-refractivity contribution in [1.29, 1.82) is 0 Å². The molecule has 5 heteroatoms. The van der Waals surface area contributed by atoms with Gasteiger partial charge >= 0.3 is 0 Å². The SMILES string of the molecule is O=C1CC(=Cc2ccc(Cl)c(F)c2)C(=O)N1. The molecule has 16 heavy (non-hydrogen) atoms. The van der Waals surface area contributed by atoms with E-state index in [4.69, 9.17) is 11.6 Å². The lowest BCUT2D eigenvalue weighted by molar-refractivity contribution is -0.124. The van der Waals surface area contributed by atoms with Crippen molar-refractivity contribution in [2.24, 2.45) is 0 Å². The third-order valence-corrected chi connectivity index (χ3v) is 2.49. The molecule has 1 saturated heterocycles. The molecule has 3 nitrogen and oxygen atoms in total. The van der Waals surface area contributed by atoms with Crippen molar-refractivity contribution in [3.8, 4) is 0 Å². The zero-order valence-corrected chi connectivity index (χ0v) is 8.84. The Morgan fingerprint density at radius 1 is 1.38 bits per heavy atom. The molecule has 0 unspecified atom stereocenters. The molecule has 0 atom stereocenters. The summed E-state index contributed by atoms with van der Waals surface area (Å²) in [7, 11) is 0. The monoisotopic (exact) mass is 239 g/mol. The van der Waals surface area contributed by atoms with Gasteiger partial charge in [-0.25, -0.2) is 4.39 Å². The molecule has 0 bridgehead atoms. The van der Waals surface area contributed by atoms with Crippen LogP contribution in [0.25, 0.3) is 6.08 Å². The van der Waals surface area contributed by atoms with Gasteiger partial charge in [-0.3, -0.25) is 14.9 Å². The summed E-state index contributed by atoms with van der Waals surface area (Å²) < 4.78 is 13.1. The van der Waals surface area contributed by atoms with Crippen LogP contribution in [0.15, 0.2) is 23.8 Å². The molecule has 1 fully saturated rings. The van der Waals surface area contributed by atoms with E-state index in [0.717, 1.165) is 0 Å². The lowest BCUT2D eigenvalue weighted by Gasteiger charge is -1.97. The van der Waals surface area contributed by atoms with Crippen molar-refractivity contribution < 1.29 is 14.0 Å². The van der Waals surface area contributed by atoms with Crippen LogP contribution in [0.2, 0.25) is 5.02 Å². The maximum Gasteiger partial charge on any atom is 0.254 e. The first-order chi connectivity index (χ1) is 7.56. The largest absolute Gasteiger partial charge is 0.292 e. The van der Waals surface area contributed by atoms with Crippen LogP contribution in [-0.4, -0.2) is 11.8 Å². The second kappa shape index (κ2) is 4.06. The molecule has 1 aromatic carbocycles. The number of carbonyl (C=O) groups is 2. The zero-order chi connectivity index (χ0) is 11.7. The van der Waals surface area contributed by atoms with E-state index in [1.165, 1.54) is 18.2 Å². The van der Waals surface area contributed by atoms with Gasteiger partial charge in [0.2, 0.25) is 5.91 Å². The Labute approximate surface area is 95.9 Å². The Balaban J connectivity index is 2.32. The highest BCUT2D eigenvalue weighted by Crippen LogP contribution is 2.19. The number of hydrogen-bond acceptors (Lipinski definition) is 2. The first kappa shape index (κ1) is 10.8. The fourth-order valence-electron chi connectivity index (χ4n) is 1.42. The average Bonchev–Trinajstić information content (AvgIpc) is 2.51. The molecule has 2 rings (SSSR count). The van der Waals surface area contributed by atoms with E-state index in [2.05, 4.69) is 5.32 Å². The highest BCUT2D eigenvalue weighted by atomic mass is 35.5. The maximum absolute atomic E-state index is 13.1. The van der Waals surface area contributed by atoms with Gasteiger partial charge in [-0.15, -0.1) is 0 Å². The molecule has 0 spiro atoms. The van der Waals surface area contributed by atoms with Crippen molar-refractivity contribution in [2.75, 3.05) is 0 Å². The minimum Gasteiger partial charge on any atom is -0.292 e. The van der Waals surface area contributed by atoms with Crippen LogP contribution in [0.3, 0.4) is 0 Å². The standard InChI is InChI=1S/C11H7ClFNO2/c12-8-2-1-6(4-9(8)13)3-7-5-10(15)14-11(7)16/h1-4H,5H2,(H,14,15,16). The summed E-state index contributed by atoms with van der Waals surface area (Å²) in [6, 6.07) is 4.19. The van der Waals surface area contributed by atoms with Crippen LogP contribution in [0.4, 0.5) is 4.39 Å². The topological polar surface area (TPSA) is 46.2 Å². The van der Waals surface area contributed by atoms with Crippen LogP contribution in [0.5, 0.6) is 0 Å². The molecule has 0 aromatic heterocycles. The number of benzene rings is 1. The van der Waals surface area contributed by atoms with E-state index in [9.17, 15) is 14.0 Å². The molecule has 0 saturated carbocycles. The Bertz CT molecular complexity index is 511. The van der Waals surface area contributed by atoms with Crippen LogP contribution in [0.1, 0.15) is 12.0 Å². The summed E-state index contributed by atoms with van der Waals surface area (Å²) in [5.41, 5.74) is 0.827. The van der Waals surface area contributed by atoms with E-state index in [0.29, 0.717) is 11.1 Å². The van der Waals surface area contributed by atoms with Gasteiger partial charge in [0.25, 0.3) is 5.91 Å². The summed E-state index contributed by atoms with van der Waals surface area (Å²) in [4.78, 5) is 22.1. The molecule has 2 amide bonds. The Morgan fingerprint density at radius 3 is 2.69 bits per heavy atom. The van der Waals surface area contributed by atoms with Gasteiger partial charge < -0.3 is 0 Å². The van der Waals surface area contributed by atoms with Gasteiger partial charge in [0, 0.05) is 5.57 Å². The lowest BCUT2D eigenvalue weighted by atomic mass is 10.1. The van der Waals surface area contributed by atoms with Gasteiger partial charge in [0.05, 0.1) is 11.4 Å². The Morgan fingerprint density at radius 2 is 2.12 bits per heavy atom. The number of halogens is 2. The Hall–Kier alpha value is -1.68. The summed E-state index contributed by atoms with van der Waals surface area (Å²) in [5, 5.41) is 2.17. The van der Waals surface area contributed by atoms with Gasteiger partial charge in [-0.2, -0.15) is 0 Å². The summed E-state index contributed by atoms with van der Waals surface area (Å²) >= 11 is 5.52. The van der Waals surface area contributed by atoms with Crippen LogP contribution in [-0.2, 0) is 9.59 Å². The van der Waals surface area contributed by atoms with Gasteiger partial charge in [-0.05, 0) is 23.8 Å². The third-order valence-electron chi connectivity index (χ3n) is 2.18. The van der Waals surface area contributed by atoms with Crippen LogP contribution < -0.4 is 5.32 Å². The summed E-state index contributed by atoms with van der Waals surface area (Å²) in [6.45, 7) is 0.